The SMILES string of the molecule is COC(=O)C(O)(c1ccc(N2C(=O)c3ccccc3C2=O)c(OC)c1)C(F)(F)F. The molecule has 2 aromatic rings. The zero-order valence-electron chi connectivity index (χ0n) is 15.1. The Morgan fingerprint density at radius 2 is 1.55 bits per heavy atom. The van der Waals surface area contributed by atoms with Gasteiger partial charge in [-0.05, 0) is 24.3 Å². The molecule has 1 aliphatic rings. The maximum Gasteiger partial charge on any atom is 0.432 e. The highest BCUT2D eigenvalue weighted by molar-refractivity contribution is 6.34. The Kier molecular flexibility index (Phi) is 4.83. The van der Waals surface area contributed by atoms with Crippen molar-refractivity contribution in [2.75, 3.05) is 19.1 Å². The molecule has 1 aliphatic heterocycles. The molecule has 0 fully saturated rings. The molecular weight excluding hydrogens is 395 g/mol. The fraction of sp³-hybridized carbons (Fsp3) is 0.211. The average molecular weight is 409 g/mol. The number of benzene rings is 2. The molecule has 0 aromatic heterocycles. The molecule has 10 heteroatoms. The van der Waals surface area contributed by atoms with Gasteiger partial charge < -0.3 is 14.6 Å². The van der Waals surface area contributed by atoms with Gasteiger partial charge in [0.05, 0.1) is 31.0 Å². The van der Waals surface area contributed by atoms with Crippen LogP contribution in [0.15, 0.2) is 42.5 Å². The molecule has 152 valence electrons. The lowest BCUT2D eigenvalue weighted by Crippen LogP contribution is -2.49. The van der Waals surface area contributed by atoms with E-state index in [9.17, 15) is 32.7 Å². The van der Waals surface area contributed by atoms with Gasteiger partial charge in [-0.25, -0.2) is 9.69 Å². The number of imide groups is 1. The number of esters is 1. The second-order valence-electron chi connectivity index (χ2n) is 6.08. The highest BCUT2D eigenvalue weighted by Gasteiger charge is 2.62. The summed E-state index contributed by atoms with van der Waals surface area (Å²) in [6.45, 7) is 0. The lowest BCUT2D eigenvalue weighted by atomic mass is 9.92. The van der Waals surface area contributed by atoms with Crippen molar-refractivity contribution in [1.29, 1.82) is 0 Å². The first-order chi connectivity index (χ1) is 13.6. The zero-order chi connectivity index (χ0) is 21.6. The van der Waals surface area contributed by atoms with E-state index in [0.717, 1.165) is 30.2 Å². The molecule has 1 heterocycles. The van der Waals surface area contributed by atoms with Gasteiger partial charge in [-0.3, -0.25) is 9.59 Å². The monoisotopic (exact) mass is 409 g/mol. The largest absolute Gasteiger partial charge is 0.495 e. The van der Waals surface area contributed by atoms with Crippen LogP contribution in [0.5, 0.6) is 5.75 Å². The summed E-state index contributed by atoms with van der Waals surface area (Å²) in [7, 11) is 1.80. The molecule has 1 N–H and O–H groups in total. The summed E-state index contributed by atoms with van der Waals surface area (Å²) in [5.74, 6) is -3.64. The summed E-state index contributed by atoms with van der Waals surface area (Å²) < 4.78 is 49.5. The van der Waals surface area contributed by atoms with Gasteiger partial charge in [-0.1, -0.05) is 18.2 Å². The van der Waals surface area contributed by atoms with E-state index in [1.807, 2.05) is 0 Å². The van der Waals surface area contributed by atoms with E-state index in [0.29, 0.717) is 7.11 Å². The van der Waals surface area contributed by atoms with Crippen LogP contribution in [0.3, 0.4) is 0 Å². The molecule has 0 saturated carbocycles. The van der Waals surface area contributed by atoms with E-state index in [4.69, 9.17) is 4.74 Å². The Morgan fingerprint density at radius 1 is 1.00 bits per heavy atom. The highest BCUT2D eigenvalue weighted by atomic mass is 19.4. The van der Waals surface area contributed by atoms with Crippen LogP contribution in [-0.4, -0.2) is 43.3 Å². The molecular formula is C19H14F3NO6. The third-order valence-electron chi connectivity index (χ3n) is 4.52. The summed E-state index contributed by atoms with van der Waals surface area (Å²) in [6.07, 6.45) is -5.40. The number of ether oxygens (including phenoxy) is 2. The molecule has 0 saturated heterocycles. The topological polar surface area (TPSA) is 93.1 Å². The van der Waals surface area contributed by atoms with Crippen LogP contribution in [0, 0.1) is 0 Å². The Balaban J connectivity index is 2.13. The minimum absolute atomic E-state index is 0.130. The van der Waals surface area contributed by atoms with Crippen molar-refractivity contribution in [2.24, 2.45) is 0 Å². The molecule has 3 rings (SSSR count). The van der Waals surface area contributed by atoms with Crippen LogP contribution in [0.2, 0.25) is 0 Å². The molecule has 0 bridgehead atoms. The van der Waals surface area contributed by atoms with E-state index in [-0.39, 0.29) is 22.6 Å². The van der Waals surface area contributed by atoms with Crippen LogP contribution in [0.1, 0.15) is 26.3 Å². The van der Waals surface area contributed by atoms with Crippen molar-refractivity contribution >= 4 is 23.5 Å². The molecule has 0 radical (unpaired) electrons. The first-order valence-corrected chi connectivity index (χ1v) is 8.11. The number of carbonyl (C=O) groups excluding carboxylic acids is 3. The van der Waals surface area contributed by atoms with E-state index in [1.54, 1.807) is 12.1 Å². The maximum atomic E-state index is 13.5. The molecule has 0 aliphatic carbocycles. The number of nitrogens with zero attached hydrogens (tertiary/aromatic N) is 1. The smallest absolute Gasteiger partial charge is 0.432 e. The van der Waals surface area contributed by atoms with Crippen LogP contribution >= 0.6 is 0 Å². The number of fused-ring (bicyclic) bond motifs is 1. The fourth-order valence-corrected chi connectivity index (χ4v) is 3.04. The van der Waals surface area contributed by atoms with Crippen LogP contribution in [-0.2, 0) is 15.1 Å². The van der Waals surface area contributed by atoms with E-state index in [2.05, 4.69) is 4.74 Å². The number of amides is 2. The van der Waals surface area contributed by atoms with Crippen molar-refractivity contribution in [3.8, 4) is 5.75 Å². The number of halogens is 3. The second kappa shape index (κ2) is 6.89. The predicted octanol–water partition coefficient (Wildman–Crippen LogP) is 2.42. The molecule has 1 atom stereocenters. The highest BCUT2D eigenvalue weighted by Crippen LogP contribution is 2.43. The lowest BCUT2D eigenvalue weighted by molar-refractivity contribution is -0.266. The number of methoxy groups -OCH3 is 2. The summed E-state index contributed by atoms with van der Waals surface area (Å²) in [5.41, 5.74) is -4.74. The van der Waals surface area contributed by atoms with Gasteiger partial charge in [0.15, 0.2) is 0 Å². The number of rotatable bonds is 4. The van der Waals surface area contributed by atoms with Crippen LogP contribution in [0.4, 0.5) is 18.9 Å². The fourth-order valence-electron chi connectivity index (χ4n) is 3.04. The summed E-state index contributed by atoms with van der Waals surface area (Å²) in [6, 6.07) is 8.48. The summed E-state index contributed by atoms with van der Waals surface area (Å²) in [5, 5.41) is 10.1. The molecule has 2 aromatic carbocycles. The third kappa shape index (κ3) is 2.92. The Morgan fingerprint density at radius 3 is 2.00 bits per heavy atom. The van der Waals surface area contributed by atoms with Crippen molar-refractivity contribution in [1.82, 2.24) is 0 Å². The van der Waals surface area contributed by atoms with E-state index < -0.39 is 35.1 Å². The Labute approximate surface area is 162 Å². The van der Waals surface area contributed by atoms with Gasteiger partial charge in [0.2, 0.25) is 0 Å². The number of hydrogen-bond donors (Lipinski definition) is 1. The number of alkyl halides is 3. The first-order valence-electron chi connectivity index (χ1n) is 8.11. The van der Waals surface area contributed by atoms with Crippen molar-refractivity contribution in [3.05, 3.63) is 59.2 Å². The number of hydrogen-bond acceptors (Lipinski definition) is 6. The van der Waals surface area contributed by atoms with Gasteiger partial charge in [0.1, 0.15) is 5.75 Å². The van der Waals surface area contributed by atoms with E-state index in [1.165, 1.54) is 12.1 Å². The third-order valence-corrected chi connectivity index (χ3v) is 4.52. The maximum absolute atomic E-state index is 13.5. The lowest BCUT2D eigenvalue weighted by Gasteiger charge is -2.29. The van der Waals surface area contributed by atoms with Crippen molar-refractivity contribution < 1.29 is 42.1 Å². The Hall–Kier alpha value is -3.40. The van der Waals surface area contributed by atoms with Gasteiger partial charge in [0, 0.05) is 5.56 Å². The number of carbonyl (C=O) groups is 3. The molecule has 0 spiro atoms. The van der Waals surface area contributed by atoms with Gasteiger partial charge in [-0.2, -0.15) is 13.2 Å². The first kappa shape index (κ1) is 20.3. The molecule has 2 amide bonds. The summed E-state index contributed by atoms with van der Waals surface area (Å²) in [4.78, 5) is 37.7. The zero-order valence-corrected chi connectivity index (χ0v) is 15.1. The normalized spacial score (nSPS) is 15.7. The molecule has 7 nitrogen and oxygen atoms in total. The van der Waals surface area contributed by atoms with Gasteiger partial charge in [-0.15, -0.1) is 0 Å². The van der Waals surface area contributed by atoms with Gasteiger partial charge in [0.25, 0.3) is 17.4 Å². The van der Waals surface area contributed by atoms with Gasteiger partial charge >= 0.3 is 12.1 Å². The quantitative estimate of drug-likeness (QED) is 0.616. The Bertz CT molecular complexity index is 984. The van der Waals surface area contributed by atoms with E-state index >= 15 is 0 Å². The van der Waals surface area contributed by atoms with Crippen molar-refractivity contribution in [3.63, 3.8) is 0 Å². The molecule has 1 unspecified atom stereocenters. The van der Waals surface area contributed by atoms with Crippen LogP contribution in [0.25, 0.3) is 0 Å². The number of aliphatic hydroxyl groups is 1. The minimum atomic E-state index is -5.40. The standard InChI is InChI=1S/C19H14F3NO6/c1-28-14-9-10(18(27,17(26)29-2)19(20,21)22)7-8-13(14)23-15(24)11-5-3-4-6-12(11)16(23)25/h3-9,27H,1-2H3. The molecule has 29 heavy (non-hydrogen) atoms. The number of anilines is 1. The predicted molar refractivity (Wildman–Crippen MR) is 92.5 cm³/mol. The second-order valence-corrected chi connectivity index (χ2v) is 6.08. The van der Waals surface area contributed by atoms with Crippen molar-refractivity contribution in [2.45, 2.75) is 11.8 Å². The average Bonchev–Trinajstić information content (AvgIpc) is 2.96. The summed E-state index contributed by atoms with van der Waals surface area (Å²) >= 11 is 0. The van der Waals surface area contributed by atoms with Crippen LogP contribution < -0.4 is 9.64 Å². The minimum Gasteiger partial charge on any atom is -0.495 e.